The topological polar surface area (TPSA) is 63.7 Å². The van der Waals surface area contributed by atoms with Crippen molar-refractivity contribution in [3.8, 4) is 16.9 Å². The molecule has 0 N–H and O–H groups in total. The van der Waals surface area contributed by atoms with Gasteiger partial charge in [-0.2, -0.15) is 0 Å². The molecule has 1 aliphatic heterocycles. The normalized spacial score (nSPS) is 22.6. The maximum Gasteiger partial charge on any atom is 0.312 e. The summed E-state index contributed by atoms with van der Waals surface area (Å²) >= 11 is 0. The third kappa shape index (κ3) is 3.42. The quantitative estimate of drug-likeness (QED) is 0.205. The van der Waals surface area contributed by atoms with Crippen molar-refractivity contribution in [2.45, 2.75) is 18.3 Å². The monoisotopic (exact) mass is 499 g/mol. The predicted octanol–water partition coefficient (Wildman–Crippen LogP) is 5.54. The smallest absolute Gasteiger partial charge is 0.312 e. The standard InChI is InChI=1S/C33H25NO4/c35-27(38-22-16-14-21(15-17-22)20-8-2-1-3-9-20)18-19-34-32(36)30-28-23-10-4-5-11-24(23)29(31(30)33(34)37)26-13-7-6-12-25(26)28/h1-17,28-31H,18-19H2/t28?,29?,30-,31-/m1/s1. The number of imide groups is 1. The Kier molecular flexibility index (Phi) is 5.25. The van der Waals surface area contributed by atoms with Crippen molar-refractivity contribution >= 4 is 17.8 Å². The average Bonchev–Trinajstić information content (AvgIpc) is 3.22. The van der Waals surface area contributed by atoms with Crippen molar-refractivity contribution in [1.29, 1.82) is 0 Å². The van der Waals surface area contributed by atoms with Crippen LogP contribution in [-0.4, -0.2) is 29.2 Å². The molecule has 38 heavy (non-hydrogen) atoms. The second kappa shape index (κ2) is 8.80. The third-order valence-electron chi connectivity index (χ3n) is 8.27. The summed E-state index contributed by atoms with van der Waals surface area (Å²) in [5, 5.41) is 0. The van der Waals surface area contributed by atoms with E-state index in [0.29, 0.717) is 5.75 Å². The van der Waals surface area contributed by atoms with Crippen LogP contribution in [0.1, 0.15) is 40.5 Å². The van der Waals surface area contributed by atoms with Crippen molar-refractivity contribution in [1.82, 2.24) is 4.90 Å². The molecular weight excluding hydrogens is 474 g/mol. The van der Waals surface area contributed by atoms with Crippen LogP contribution in [0.3, 0.4) is 0 Å². The highest BCUT2D eigenvalue weighted by Crippen LogP contribution is 2.60. The lowest BCUT2D eigenvalue weighted by Gasteiger charge is -2.45. The zero-order valence-corrected chi connectivity index (χ0v) is 20.6. The Hall–Kier alpha value is -4.51. The van der Waals surface area contributed by atoms with E-state index in [1.54, 1.807) is 12.1 Å². The van der Waals surface area contributed by atoms with Gasteiger partial charge in [0.1, 0.15) is 5.75 Å². The molecule has 4 aliphatic rings. The van der Waals surface area contributed by atoms with E-state index in [2.05, 4.69) is 24.3 Å². The fraction of sp³-hybridized carbons (Fsp3) is 0.182. The molecule has 2 amide bonds. The highest BCUT2D eigenvalue weighted by atomic mass is 16.5. The highest BCUT2D eigenvalue weighted by Gasteiger charge is 2.61. The van der Waals surface area contributed by atoms with Gasteiger partial charge in [-0.25, -0.2) is 0 Å². The van der Waals surface area contributed by atoms with Crippen molar-refractivity contribution in [3.63, 3.8) is 0 Å². The van der Waals surface area contributed by atoms with Crippen LogP contribution >= 0.6 is 0 Å². The van der Waals surface area contributed by atoms with E-state index in [-0.39, 0.29) is 36.6 Å². The Labute approximate surface area is 220 Å². The first kappa shape index (κ1) is 22.7. The summed E-state index contributed by atoms with van der Waals surface area (Å²) in [4.78, 5) is 41.3. The van der Waals surface area contributed by atoms with Gasteiger partial charge < -0.3 is 4.74 Å². The van der Waals surface area contributed by atoms with Gasteiger partial charge in [0, 0.05) is 18.4 Å². The van der Waals surface area contributed by atoms with Crippen LogP contribution in [0.15, 0.2) is 103 Å². The van der Waals surface area contributed by atoms with Gasteiger partial charge in [-0.15, -0.1) is 0 Å². The summed E-state index contributed by atoms with van der Waals surface area (Å²) in [6, 6.07) is 33.6. The molecule has 5 nitrogen and oxygen atoms in total. The maximum absolute atomic E-state index is 13.7. The Morgan fingerprint density at radius 1 is 0.605 bits per heavy atom. The number of benzene rings is 4. The lowest BCUT2D eigenvalue weighted by molar-refractivity contribution is -0.141. The Bertz CT molecular complexity index is 1460. The van der Waals surface area contributed by atoms with Crippen LogP contribution in [0.4, 0.5) is 0 Å². The fourth-order valence-corrected chi connectivity index (χ4v) is 6.69. The van der Waals surface area contributed by atoms with Crippen LogP contribution in [0.2, 0.25) is 0 Å². The molecular formula is C33H25NO4. The molecule has 0 radical (unpaired) electrons. The first-order valence-corrected chi connectivity index (χ1v) is 13.0. The van der Waals surface area contributed by atoms with Crippen molar-refractivity contribution in [2.24, 2.45) is 11.8 Å². The van der Waals surface area contributed by atoms with E-state index < -0.39 is 17.8 Å². The summed E-state index contributed by atoms with van der Waals surface area (Å²) in [5.74, 6) is -1.55. The number of likely N-dealkylation sites (tertiary alicyclic amines) is 1. The summed E-state index contributed by atoms with van der Waals surface area (Å²) < 4.78 is 5.52. The molecule has 8 rings (SSSR count). The van der Waals surface area contributed by atoms with Gasteiger partial charge in [0.2, 0.25) is 11.8 Å². The van der Waals surface area contributed by atoms with E-state index in [0.717, 1.165) is 33.4 Å². The Balaban J connectivity index is 1.08. The molecule has 2 atom stereocenters. The van der Waals surface area contributed by atoms with Gasteiger partial charge in [0.25, 0.3) is 0 Å². The number of carbonyl (C=O) groups is 3. The molecule has 5 heteroatoms. The predicted molar refractivity (Wildman–Crippen MR) is 142 cm³/mol. The van der Waals surface area contributed by atoms with Crippen molar-refractivity contribution in [3.05, 3.63) is 125 Å². The maximum atomic E-state index is 13.7. The van der Waals surface area contributed by atoms with Crippen LogP contribution in [-0.2, 0) is 14.4 Å². The lowest BCUT2D eigenvalue weighted by atomic mass is 9.55. The molecule has 0 spiro atoms. The lowest BCUT2D eigenvalue weighted by Crippen LogP contribution is -2.41. The second-order valence-corrected chi connectivity index (χ2v) is 10.2. The SMILES string of the molecule is O=C(CCN1C(=O)[C@@H]2C3c4ccccc4C(c4ccccc43)[C@H]2C1=O)Oc1ccc(-c2ccccc2)cc1. The summed E-state index contributed by atoms with van der Waals surface area (Å²) in [6.45, 7) is 0.0255. The van der Waals surface area contributed by atoms with Gasteiger partial charge >= 0.3 is 5.97 Å². The Morgan fingerprint density at radius 3 is 1.55 bits per heavy atom. The van der Waals surface area contributed by atoms with E-state index in [1.807, 2.05) is 66.7 Å². The van der Waals surface area contributed by atoms with E-state index in [1.165, 1.54) is 4.90 Å². The minimum atomic E-state index is -0.470. The molecule has 1 saturated heterocycles. The van der Waals surface area contributed by atoms with Crippen molar-refractivity contribution < 1.29 is 19.1 Å². The first-order valence-electron chi connectivity index (χ1n) is 13.0. The molecule has 4 aromatic carbocycles. The van der Waals surface area contributed by atoms with Gasteiger partial charge in [0.05, 0.1) is 18.3 Å². The number of rotatable bonds is 5. The van der Waals surface area contributed by atoms with Crippen LogP contribution < -0.4 is 4.74 Å². The van der Waals surface area contributed by atoms with Gasteiger partial charge in [-0.1, -0.05) is 91.0 Å². The number of carbonyl (C=O) groups excluding carboxylic acids is 3. The van der Waals surface area contributed by atoms with Crippen LogP contribution in [0, 0.1) is 11.8 Å². The van der Waals surface area contributed by atoms with Crippen molar-refractivity contribution in [2.75, 3.05) is 6.54 Å². The van der Waals surface area contributed by atoms with Crippen LogP contribution in [0.25, 0.3) is 11.1 Å². The number of hydrogen-bond acceptors (Lipinski definition) is 4. The molecule has 0 aromatic heterocycles. The largest absolute Gasteiger partial charge is 0.426 e. The zero-order valence-electron chi connectivity index (χ0n) is 20.6. The molecule has 1 heterocycles. The first-order chi connectivity index (χ1) is 18.6. The average molecular weight is 500 g/mol. The number of nitrogens with zero attached hydrogens (tertiary/aromatic N) is 1. The molecule has 2 bridgehead atoms. The zero-order chi connectivity index (χ0) is 25.8. The molecule has 186 valence electrons. The third-order valence-corrected chi connectivity index (χ3v) is 8.27. The fourth-order valence-electron chi connectivity index (χ4n) is 6.69. The summed E-state index contributed by atoms with van der Waals surface area (Å²) in [5.41, 5.74) is 6.66. The summed E-state index contributed by atoms with van der Waals surface area (Å²) in [6.07, 6.45) is -0.0490. The van der Waals surface area contributed by atoms with E-state index in [4.69, 9.17) is 4.74 Å². The van der Waals surface area contributed by atoms with Gasteiger partial charge in [-0.3, -0.25) is 19.3 Å². The highest BCUT2D eigenvalue weighted by molar-refractivity contribution is 6.07. The van der Waals surface area contributed by atoms with Gasteiger partial charge in [0.15, 0.2) is 0 Å². The van der Waals surface area contributed by atoms with E-state index >= 15 is 0 Å². The molecule has 1 fully saturated rings. The number of amides is 2. The molecule has 0 saturated carbocycles. The molecule has 3 aliphatic carbocycles. The minimum absolute atomic E-state index is 0.0255. The minimum Gasteiger partial charge on any atom is -0.426 e. The van der Waals surface area contributed by atoms with E-state index in [9.17, 15) is 14.4 Å². The number of esters is 1. The Morgan fingerprint density at radius 2 is 1.05 bits per heavy atom. The number of ether oxygens (including phenoxy) is 1. The van der Waals surface area contributed by atoms with Crippen LogP contribution in [0.5, 0.6) is 5.75 Å². The van der Waals surface area contributed by atoms with Gasteiger partial charge in [-0.05, 0) is 45.5 Å². The number of hydrogen-bond donors (Lipinski definition) is 0. The molecule has 0 unspecified atom stereocenters. The molecule has 4 aromatic rings. The second-order valence-electron chi connectivity index (χ2n) is 10.2. The summed E-state index contributed by atoms with van der Waals surface area (Å²) in [7, 11) is 0.